The van der Waals surface area contributed by atoms with E-state index in [1.807, 2.05) is 44.2 Å². The van der Waals surface area contributed by atoms with E-state index >= 15 is 0 Å². The summed E-state index contributed by atoms with van der Waals surface area (Å²) in [6, 6.07) is 22.5. The molecule has 1 fully saturated rings. The third-order valence-electron chi connectivity index (χ3n) is 6.96. The molecule has 200 valence electrons. The average Bonchev–Trinajstić information content (AvgIpc) is 3.66. The van der Waals surface area contributed by atoms with Crippen LogP contribution in [0, 0.1) is 20.8 Å². The Morgan fingerprint density at radius 2 is 1.80 bits per heavy atom. The molecule has 9 heteroatoms. The first kappa shape index (κ1) is 26.0. The first-order chi connectivity index (χ1) is 19.3. The van der Waals surface area contributed by atoms with Gasteiger partial charge >= 0.3 is 5.91 Å². The molecule has 6 rings (SSSR count). The fourth-order valence-electron chi connectivity index (χ4n) is 4.95. The average molecular weight is 568 g/mol. The van der Waals surface area contributed by atoms with Gasteiger partial charge in [-0.3, -0.25) is 14.5 Å². The number of furan rings is 1. The van der Waals surface area contributed by atoms with Gasteiger partial charge in [0, 0.05) is 11.3 Å². The quantitative estimate of drug-likeness (QED) is 0.0767. The summed E-state index contributed by atoms with van der Waals surface area (Å²) < 4.78 is 6.56. The van der Waals surface area contributed by atoms with Crippen molar-refractivity contribution in [2.45, 2.75) is 36.9 Å². The smallest absolute Gasteiger partial charge is 0.302 e. The third-order valence-corrected chi connectivity index (χ3v) is 9.06. The van der Waals surface area contributed by atoms with E-state index in [1.165, 1.54) is 44.3 Å². The van der Waals surface area contributed by atoms with Crippen molar-refractivity contribution in [2.24, 2.45) is 0 Å². The van der Waals surface area contributed by atoms with Gasteiger partial charge in [0.25, 0.3) is 5.78 Å². The number of thioether (sulfide) groups is 1. The van der Waals surface area contributed by atoms with Gasteiger partial charge in [0.15, 0.2) is 4.34 Å². The summed E-state index contributed by atoms with van der Waals surface area (Å²) in [6.45, 7) is 5.54. The van der Waals surface area contributed by atoms with Gasteiger partial charge in [-0.05, 0) is 60.9 Å². The van der Waals surface area contributed by atoms with E-state index in [4.69, 9.17) is 4.42 Å². The molecule has 0 aliphatic carbocycles. The maximum Gasteiger partial charge on any atom is 0.302 e. The van der Waals surface area contributed by atoms with Gasteiger partial charge in [-0.1, -0.05) is 83.3 Å². The number of carbonyl (C=O) groups is 2. The van der Waals surface area contributed by atoms with Gasteiger partial charge in [-0.15, -0.1) is 10.2 Å². The number of amides is 1. The Hall–Kier alpha value is -4.21. The maximum atomic E-state index is 13.5. The van der Waals surface area contributed by atoms with Crippen molar-refractivity contribution in [2.75, 3.05) is 4.90 Å². The highest BCUT2D eigenvalue weighted by Gasteiger charge is 2.50. The molecule has 7 nitrogen and oxygen atoms in total. The minimum atomic E-state index is -0.975. The predicted molar refractivity (Wildman–Crippen MR) is 158 cm³/mol. The SMILES string of the molecule is Cc1ccc(C)c(C(O)=C2C(=O)C(=O)N(c3nnc(SCc4cccc5ccccc45)s3)C2c2ccc(C)o2)c1. The van der Waals surface area contributed by atoms with Crippen molar-refractivity contribution in [1.29, 1.82) is 0 Å². The maximum absolute atomic E-state index is 13.5. The van der Waals surface area contributed by atoms with E-state index in [2.05, 4.69) is 34.5 Å². The van der Waals surface area contributed by atoms with Crippen molar-refractivity contribution in [3.63, 3.8) is 0 Å². The number of Topliss-reactive ketones (excluding diaryl/α,β-unsaturated/α-hetero) is 1. The van der Waals surface area contributed by atoms with Crippen LogP contribution < -0.4 is 4.90 Å². The topological polar surface area (TPSA) is 96.5 Å². The molecule has 0 saturated carbocycles. The lowest BCUT2D eigenvalue weighted by molar-refractivity contribution is -0.132. The highest BCUT2D eigenvalue weighted by atomic mass is 32.2. The van der Waals surface area contributed by atoms with E-state index < -0.39 is 17.7 Å². The largest absolute Gasteiger partial charge is 0.507 e. The fourth-order valence-corrected chi connectivity index (χ4v) is 6.82. The van der Waals surface area contributed by atoms with Crippen LogP contribution in [0.3, 0.4) is 0 Å². The number of carbonyl (C=O) groups excluding carboxylic acids is 2. The van der Waals surface area contributed by atoms with Gasteiger partial charge in [0.1, 0.15) is 23.3 Å². The number of fused-ring (bicyclic) bond motifs is 1. The third kappa shape index (κ3) is 4.61. The van der Waals surface area contributed by atoms with Crippen LogP contribution in [0.5, 0.6) is 0 Å². The number of nitrogens with zero attached hydrogens (tertiary/aromatic N) is 3. The number of aliphatic hydroxyl groups excluding tert-OH is 1. The van der Waals surface area contributed by atoms with Gasteiger partial charge < -0.3 is 9.52 Å². The van der Waals surface area contributed by atoms with Crippen molar-refractivity contribution >= 4 is 56.5 Å². The highest BCUT2D eigenvalue weighted by molar-refractivity contribution is 8.00. The Bertz CT molecular complexity index is 1810. The number of hydrogen-bond donors (Lipinski definition) is 1. The van der Waals surface area contributed by atoms with Crippen LogP contribution in [-0.4, -0.2) is 27.0 Å². The molecule has 5 aromatic rings. The van der Waals surface area contributed by atoms with E-state index in [0.717, 1.165) is 11.1 Å². The summed E-state index contributed by atoms with van der Waals surface area (Å²) in [6.07, 6.45) is 0. The number of benzene rings is 3. The molecule has 1 aliphatic rings. The fraction of sp³-hybridized carbons (Fsp3) is 0.161. The van der Waals surface area contributed by atoms with Gasteiger partial charge in [-0.2, -0.15) is 0 Å². The number of ketones is 1. The summed E-state index contributed by atoms with van der Waals surface area (Å²) >= 11 is 2.74. The van der Waals surface area contributed by atoms with Gasteiger partial charge in [0.05, 0.1) is 5.57 Å². The van der Waals surface area contributed by atoms with Crippen molar-refractivity contribution in [3.8, 4) is 0 Å². The molecular weight excluding hydrogens is 542 g/mol. The Morgan fingerprint density at radius 1 is 1.00 bits per heavy atom. The van der Waals surface area contributed by atoms with Crippen molar-refractivity contribution < 1.29 is 19.1 Å². The number of aromatic nitrogens is 2. The molecular formula is C31H25N3O4S2. The molecule has 1 aliphatic heterocycles. The molecule has 1 unspecified atom stereocenters. The van der Waals surface area contributed by atoms with Crippen LogP contribution in [0.4, 0.5) is 5.13 Å². The Balaban J connectivity index is 1.37. The molecule has 1 atom stereocenters. The molecule has 2 aromatic heterocycles. The van der Waals surface area contributed by atoms with Crippen LogP contribution in [0.15, 0.2) is 87.1 Å². The first-order valence-corrected chi connectivity index (χ1v) is 14.5. The molecule has 0 spiro atoms. The normalized spacial score (nSPS) is 16.8. The van der Waals surface area contributed by atoms with Crippen LogP contribution in [0.1, 0.15) is 39.8 Å². The molecule has 3 aromatic carbocycles. The van der Waals surface area contributed by atoms with Crippen LogP contribution >= 0.6 is 23.1 Å². The summed E-state index contributed by atoms with van der Waals surface area (Å²) in [5.41, 5.74) is 3.33. The Kier molecular flexibility index (Phi) is 6.77. The minimum absolute atomic E-state index is 0.0341. The van der Waals surface area contributed by atoms with E-state index in [-0.39, 0.29) is 16.5 Å². The molecule has 1 saturated heterocycles. The lowest BCUT2D eigenvalue weighted by Gasteiger charge is -2.20. The summed E-state index contributed by atoms with van der Waals surface area (Å²) in [7, 11) is 0. The number of aryl methyl sites for hydroxylation is 3. The van der Waals surface area contributed by atoms with Gasteiger partial charge in [-0.25, -0.2) is 0 Å². The van der Waals surface area contributed by atoms with Crippen LogP contribution in [0.25, 0.3) is 16.5 Å². The Morgan fingerprint density at radius 3 is 2.60 bits per heavy atom. The van der Waals surface area contributed by atoms with E-state index in [0.29, 0.717) is 27.2 Å². The second-order valence-corrected chi connectivity index (χ2v) is 11.9. The molecule has 3 heterocycles. The molecule has 0 radical (unpaired) electrons. The number of anilines is 1. The summed E-state index contributed by atoms with van der Waals surface area (Å²) in [4.78, 5) is 28.2. The molecule has 1 amide bonds. The zero-order valence-corrected chi connectivity index (χ0v) is 23.7. The summed E-state index contributed by atoms with van der Waals surface area (Å²) in [5, 5.41) is 22.6. The standard InChI is InChI=1S/C31H25N3O4S2/c1-17-11-12-18(2)23(15-17)27(35)25-26(24-14-13-19(3)38-24)34(29(37)28(25)36)30-32-33-31(40-30)39-16-21-9-6-8-20-7-4-5-10-22(20)21/h4-15,26,35H,16H2,1-3H3. The predicted octanol–water partition coefficient (Wildman–Crippen LogP) is 7.13. The minimum Gasteiger partial charge on any atom is -0.507 e. The molecule has 1 N–H and O–H groups in total. The van der Waals surface area contributed by atoms with E-state index in [9.17, 15) is 14.7 Å². The second kappa shape index (κ2) is 10.4. The van der Waals surface area contributed by atoms with Gasteiger partial charge in [0.2, 0.25) is 5.13 Å². The molecule has 0 bridgehead atoms. The van der Waals surface area contributed by atoms with Crippen LogP contribution in [0.2, 0.25) is 0 Å². The highest BCUT2D eigenvalue weighted by Crippen LogP contribution is 2.45. The lowest BCUT2D eigenvalue weighted by atomic mass is 9.96. The zero-order valence-electron chi connectivity index (χ0n) is 22.0. The molecule has 40 heavy (non-hydrogen) atoms. The number of rotatable bonds is 6. The summed E-state index contributed by atoms with van der Waals surface area (Å²) in [5.74, 6) is -0.163. The lowest BCUT2D eigenvalue weighted by Crippen LogP contribution is -2.29. The second-order valence-electron chi connectivity index (χ2n) is 9.71. The van der Waals surface area contributed by atoms with E-state index in [1.54, 1.807) is 25.1 Å². The number of aliphatic hydroxyl groups is 1. The first-order valence-electron chi connectivity index (χ1n) is 12.7. The number of hydrogen-bond acceptors (Lipinski definition) is 8. The Labute approximate surface area is 239 Å². The zero-order chi connectivity index (χ0) is 28.0. The van der Waals surface area contributed by atoms with Crippen molar-refractivity contribution in [3.05, 3.63) is 112 Å². The van der Waals surface area contributed by atoms with Crippen LogP contribution in [-0.2, 0) is 15.3 Å². The monoisotopic (exact) mass is 567 g/mol. The van der Waals surface area contributed by atoms with Crippen molar-refractivity contribution in [1.82, 2.24) is 10.2 Å².